The molecule has 3 aliphatic rings. The van der Waals surface area contributed by atoms with E-state index in [4.69, 9.17) is 4.74 Å². The Labute approximate surface area is 196 Å². The van der Waals surface area contributed by atoms with Crippen molar-refractivity contribution in [3.05, 3.63) is 47.0 Å². The molecular weight excluding hydrogens is 414 g/mol. The summed E-state index contributed by atoms with van der Waals surface area (Å²) in [5, 5.41) is 2.84. The Morgan fingerprint density at radius 3 is 2.70 bits per heavy atom. The van der Waals surface area contributed by atoms with Crippen molar-refractivity contribution in [1.29, 1.82) is 0 Å². The van der Waals surface area contributed by atoms with Crippen LogP contribution in [0.3, 0.4) is 0 Å². The first-order valence-corrected chi connectivity index (χ1v) is 12.4. The van der Waals surface area contributed by atoms with Crippen LogP contribution in [0.2, 0.25) is 0 Å². The number of hydrogen-bond acceptors (Lipinski definition) is 6. The molecule has 2 aromatic rings. The van der Waals surface area contributed by atoms with Gasteiger partial charge in [0, 0.05) is 57.4 Å². The van der Waals surface area contributed by atoms with Crippen molar-refractivity contribution in [2.75, 3.05) is 56.1 Å². The predicted molar refractivity (Wildman–Crippen MR) is 131 cm³/mol. The summed E-state index contributed by atoms with van der Waals surface area (Å²) in [6.07, 6.45) is 3.41. The molecule has 1 aromatic heterocycles. The summed E-state index contributed by atoms with van der Waals surface area (Å²) < 4.78 is 5.84. The largest absolute Gasteiger partial charge is 0.478 e. The SMILES string of the molecule is CCN1Cc2cccc(N3CCN(CCCCOc4ccc5c(n4)NC(=O)CC5)CC3)c2C1. The van der Waals surface area contributed by atoms with E-state index >= 15 is 0 Å². The average Bonchev–Trinajstić information content (AvgIpc) is 3.28. The number of pyridine rings is 1. The van der Waals surface area contributed by atoms with Crippen molar-refractivity contribution in [3.63, 3.8) is 0 Å². The van der Waals surface area contributed by atoms with Crippen LogP contribution in [0.1, 0.15) is 42.9 Å². The van der Waals surface area contributed by atoms with Crippen molar-refractivity contribution >= 4 is 17.4 Å². The van der Waals surface area contributed by atoms with E-state index in [1.165, 1.54) is 11.3 Å². The van der Waals surface area contributed by atoms with E-state index in [1.807, 2.05) is 12.1 Å². The summed E-state index contributed by atoms with van der Waals surface area (Å²) in [6, 6.07) is 10.8. The first-order chi connectivity index (χ1) is 16.2. The van der Waals surface area contributed by atoms with E-state index in [1.54, 1.807) is 5.56 Å². The zero-order chi connectivity index (χ0) is 22.6. The van der Waals surface area contributed by atoms with Crippen LogP contribution in [0, 0.1) is 0 Å². The zero-order valence-electron chi connectivity index (χ0n) is 19.7. The average molecular weight is 450 g/mol. The Morgan fingerprint density at radius 1 is 0.970 bits per heavy atom. The Kier molecular flexibility index (Phi) is 6.78. The fraction of sp³-hybridized carbons (Fsp3) is 0.538. The summed E-state index contributed by atoms with van der Waals surface area (Å²) in [7, 11) is 0. The number of nitrogens with one attached hydrogen (secondary N) is 1. The topological polar surface area (TPSA) is 60.9 Å². The summed E-state index contributed by atoms with van der Waals surface area (Å²) in [4.78, 5) is 23.7. The Bertz CT molecular complexity index is 987. The van der Waals surface area contributed by atoms with Crippen LogP contribution < -0.4 is 15.0 Å². The van der Waals surface area contributed by atoms with Gasteiger partial charge < -0.3 is 15.0 Å². The van der Waals surface area contributed by atoms with Crippen LogP contribution in [0.5, 0.6) is 5.88 Å². The van der Waals surface area contributed by atoms with Gasteiger partial charge in [-0.2, -0.15) is 4.98 Å². The lowest BCUT2D eigenvalue weighted by molar-refractivity contribution is -0.116. The fourth-order valence-corrected chi connectivity index (χ4v) is 5.12. The van der Waals surface area contributed by atoms with Gasteiger partial charge in [0.2, 0.25) is 11.8 Å². The molecule has 0 aliphatic carbocycles. The third kappa shape index (κ3) is 5.14. The van der Waals surface area contributed by atoms with Crippen molar-refractivity contribution in [2.24, 2.45) is 0 Å². The molecule has 7 nitrogen and oxygen atoms in total. The molecule has 0 bridgehead atoms. The maximum atomic E-state index is 11.6. The molecule has 0 unspecified atom stereocenters. The first-order valence-electron chi connectivity index (χ1n) is 12.4. The van der Waals surface area contributed by atoms with Gasteiger partial charge in [-0.05, 0) is 61.2 Å². The highest BCUT2D eigenvalue weighted by Gasteiger charge is 2.25. The lowest BCUT2D eigenvalue weighted by atomic mass is 10.1. The molecule has 1 fully saturated rings. The smallest absolute Gasteiger partial charge is 0.225 e. The fourth-order valence-electron chi connectivity index (χ4n) is 5.12. The number of ether oxygens (including phenoxy) is 1. The van der Waals surface area contributed by atoms with Gasteiger partial charge in [-0.15, -0.1) is 0 Å². The van der Waals surface area contributed by atoms with Crippen LogP contribution in [0.15, 0.2) is 30.3 Å². The molecule has 0 radical (unpaired) electrons. The number of benzene rings is 1. The highest BCUT2D eigenvalue weighted by molar-refractivity contribution is 5.92. The van der Waals surface area contributed by atoms with Crippen molar-refractivity contribution < 1.29 is 9.53 Å². The minimum atomic E-state index is 0.0341. The second-order valence-corrected chi connectivity index (χ2v) is 9.31. The lowest BCUT2D eigenvalue weighted by Crippen LogP contribution is -2.47. The van der Waals surface area contributed by atoms with Crippen molar-refractivity contribution in [2.45, 2.75) is 45.7 Å². The third-order valence-electron chi connectivity index (χ3n) is 7.14. The number of nitrogens with zero attached hydrogens (tertiary/aromatic N) is 4. The molecular formula is C26H35N5O2. The van der Waals surface area contributed by atoms with Crippen molar-refractivity contribution in [3.8, 4) is 5.88 Å². The van der Waals surface area contributed by atoms with Gasteiger partial charge in [0.05, 0.1) is 6.61 Å². The van der Waals surface area contributed by atoms with Crippen LogP contribution in [-0.2, 0) is 24.3 Å². The molecule has 0 atom stereocenters. The minimum Gasteiger partial charge on any atom is -0.478 e. The number of aromatic nitrogens is 1. The van der Waals surface area contributed by atoms with E-state index in [9.17, 15) is 4.79 Å². The first kappa shape index (κ1) is 22.2. The van der Waals surface area contributed by atoms with Gasteiger partial charge in [0.1, 0.15) is 5.82 Å². The summed E-state index contributed by atoms with van der Waals surface area (Å²) in [5.74, 6) is 1.29. The number of unbranched alkanes of at least 4 members (excludes halogenated alkanes) is 1. The minimum absolute atomic E-state index is 0.0341. The zero-order valence-corrected chi connectivity index (χ0v) is 19.7. The quantitative estimate of drug-likeness (QED) is 0.624. The van der Waals surface area contributed by atoms with Crippen LogP contribution >= 0.6 is 0 Å². The molecule has 33 heavy (non-hydrogen) atoms. The van der Waals surface area contributed by atoms with E-state index < -0.39 is 0 Å². The van der Waals surface area contributed by atoms with E-state index in [0.717, 1.165) is 77.2 Å². The normalized spacial score (nSPS) is 18.7. The Hall–Kier alpha value is -2.64. The predicted octanol–water partition coefficient (Wildman–Crippen LogP) is 3.28. The molecule has 1 aromatic carbocycles. The highest BCUT2D eigenvalue weighted by Crippen LogP contribution is 2.32. The maximum Gasteiger partial charge on any atom is 0.225 e. The van der Waals surface area contributed by atoms with Gasteiger partial charge >= 0.3 is 0 Å². The van der Waals surface area contributed by atoms with E-state index in [2.05, 4.69) is 50.1 Å². The maximum absolute atomic E-state index is 11.6. The second-order valence-electron chi connectivity index (χ2n) is 9.31. The standard InChI is InChI=1S/C26H35N5O2/c1-2-29-18-21-6-5-7-23(22(21)19-29)31-15-13-30(14-16-31)12-3-4-17-33-25-11-9-20-8-10-24(32)27-26(20)28-25/h5-7,9,11H,2-4,8,10,12-19H2,1H3,(H,27,28,32). The molecule has 7 heteroatoms. The number of anilines is 2. The number of rotatable bonds is 8. The Morgan fingerprint density at radius 2 is 1.85 bits per heavy atom. The molecule has 1 amide bonds. The number of amides is 1. The third-order valence-corrected chi connectivity index (χ3v) is 7.14. The number of carbonyl (C=O) groups is 1. The van der Waals surface area contributed by atoms with E-state index in [-0.39, 0.29) is 5.91 Å². The lowest BCUT2D eigenvalue weighted by Gasteiger charge is -2.37. The van der Waals surface area contributed by atoms with Crippen LogP contribution in [0.25, 0.3) is 0 Å². The highest BCUT2D eigenvalue weighted by atomic mass is 16.5. The molecule has 0 spiro atoms. The number of piperazine rings is 1. The molecule has 0 saturated carbocycles. The molecule has 1 saturated heterocycles. The number of carbonyl (C=O) groups excluding carboxylic acids is 1. The summed E-state index contributed by atoms with van der Waals surface area (Å²) >= 11 is 0. The Balaban J connectivity index is 1.03. The summed E-state index contributed by atoms with van der Waals surface area (Å²) in [5.41, 5.74) is 5.59. The molecule has 3 aliphatic heterocycles. The molecule has 4 heterocycles. The van der Waals surface area contributed by atoms with Gasteiger partial charge in [-0.25, -0.2) is 0 Å². The van der Waals surface area contributed by atoms with Crippen molar-refractivity contribution in [1.82, 2.24) is 14.8 Å². The molecule has 176 valence electrons. The second kappa shape index (κ2) is 10.1. The van der Waals surface area contributed by atoms with Crippen LogP contribution in [-0.4, -0.2) is 66.6 Å². The monoisotopic (exact) mass is 449 g/mol. The van der Waals surface area contributed by atoms with Gasteiger partial charge in [0.25, 0.3) is 0 Å². The molecule has 5 rings (SSSR count). The van der Waals surface area contributed by atoms with Gasteiger partial charge in [0.15, 0.2) is 0 Å². The number of hydrogen-bond donors (Lipinski definition) is 1. The summed E-state index contributed by atoms with van der Waals surface area (Å²) in [6.45, 7) is 11.8. The van der Waals surface area contributed by atoms with Gasteiger partial charge in [-0.1, -0.05) is 19.1 Å². The molecule has 1 N–H and O–H groups in total. The van der Waals surface area contributed by atoms with Gasteiger partial charge in [-0.3, -0.25) is 14.6 Å². The van der Waals surface area contributed by atoms with Crippen LogP contribution in [0.4, 0.5) is 11.5 Å². The van der Waals surface area contributed by atoms with E-state index in [0.29, 0.717) is 24.7 Å². The number of aryl methyl sites for hydroxylation is 1. The number of fused-ring (bicyclic) bond motifs is 2.